The molecule has 0 radical (unpaired) electrons. The average Bonchev–Trinajstić information content (AvgIpc) is 3.15. The molecule has 0 atom stereocenters. The van der Waals surface area contributed by atoms with Crippen LogP contribution in [0.25, 0.3) is 16.7 Å². The third-order valence-corrected chi connectivity index (χ3v) is 5.81. The molecule has 0 spiro atoms. The van der Waals surface area contributed by atoms with Gasteiger partial charge < -0.3 is 19.0 Å². The molecule has 5 rings (SSSR count). The molecule has 7 nitrogen and oxygen atoms in total. The number of ether oxygens (including phenoxy) is 1. The van der Waals surface area contributed by atoms with Gasteiger partial charge in [0.25, 0.3) is 5.91 Å². The molecule has 1 amide bonds. The average molecular weight is 404 g/mol. The highest BCUT2D eigenvalue weighted by molar-refractivity contribution is 6.10. The number of hydrogen-bond donors (Lipinski definition) is 0. The topological polar surface area (TPSA) is 71.7 Å². The Morgan fingerprint density at radius 2 is 1.87 bits per heavy atom. The summed E-state index contributed by atoms with van der Waals surface area (Å²) in [5.41, 5.74) is 3.54. The minimum absolute atomic E-state index is 0.0288. The van der Waals surface area contributed by atoms with Crippen molar-refractivity contribution in [3.05, 3.63) is 59.6 Å². The molecule has 2 aromatic heterocycles. The van der Waals surface area contributed by atoms with E-state index in [9.17, 15) is 4.79 Å². The standard InChI is InChI=1S/C23H24N4O3/c1-16-19(20-21(24-15-25-22(20)30-16)26-11-13-29-14-12-26)23(28)27-9-7-18(8-10-27)17-5-3-2-4-6-17/h2-7,15H,8-14H2,1H3. The van der Waals surface area contributed by atoms with Crippen LogP contribution in [0.15, 0.2) is 47.2 Å². The van der Waals surface area contributed by atoms with Crippen LogP contribution in [0.3, 0.4) is 0 Å². The van der Waals surface area contributed by atoms with Gasteiger partial charge in [0.2, 0.25) is 5.71 Å². The van der Waals surface area contributed by atoms with Crippen molar-refractivity contribution in [2.24, 2.45) is 0 Å². The van der Waals surface area contributed by atoms with E-state index >= 15 is 0 Å². The molecule has 2 aliphatic rings. The normalized spacial score (nSPS) is 17.3. The second-order valence-electron chi connectivity index (χ2n) is 7.61. The van der Waals surface area contributed by atoms with E-state index in [1.54, 1.807) is 0 Å². The quantitative estimate of drug-likeness (QED) is 0.667. The molecule has 30 heavy (non-hydrogen) atoms. The molecule has 4 heterocycles. The predicted molar refractivity (Wildman–Crippen MR) is 115 cm³/mol. The number of carbonyl (C=O) groups is 1. The van der Waals surface area contributed by atoms with Crippen LogP contribution in [-0.4, -0.2) is 60.2 Å². The van der Waals surface area contributed by atoms with E-state index < -0.39 is 0 Å². The van der Waals surface area contributed by atoms with Crippen molar-refractivity contribution in [1.29, 1.82) is 0 Å². The fraction of sp³-hybridized carbons (Fsp3) is 0.348. The van der Waals surface area contributed by atoms with E-state index in [1.165, 1.54) is 17.5 Å². The number of nitrogens with zero attached hydrogens (tertiary/aromatic N) is 4. The molecule has 0 unspecified atom stereocenters. The Kier molecular flexibility index (Phi) is 4.96. The lowest BCUT2D eigenvalue weighted by Crippen LogP contribution is -2.37. The second kappa shape index (κ2) is 7.91. The summed E-state index contributed by atoms with van der Waals surface area (Å²) in [6, 6.07) is 10.3. The first kappa shape index (κ1) is 18.8. The summed E-state index contributed by atoms with van der Waals surface area (Å²) in [4.78, 5) is 26.3. The Morgan fingerprint density at radius 3 is 2.60 bits per heavy atom. The molecule has 0 bridgehead atoms. The van der Waals surface area contributed by atoms with Crippen LogP contribution in [0.2, 0.25) is 0 Å². The number of amides is 1. The molecule has 0 N–H and O–H groups in total. The highest BCUT2D eigenvalue weighted by Gasteiger charge is 2.29. The van der Waals surface area contributed by atoms with Gasteiger partial charge in [0.15, 0.2) is 0 Å². The monoisotopic (exact) mass is 404 g/mol. The zero-order chi connectivity index (χ0) is 20.5. The first-order chi connectivity index (χ1) is 14.7. The molecule has 1 fully saturated rings. The van der Waals surface area contributed by atoms with Crippen molar-refractivity contribution in [1.82, 2.24) is 14.9 Å². The minimum atomic E-state index is -0.0288. The first-order valence-electron chi connectivity index (χ1n) is 10.3. The van der Waals surface area contributed by atoms with Gasteiger partial charge in [-0.05, 0) is 24.5 Å². The Labute approximate surface area is 175 Å². The molecule has 1 aromatic carbocycles. The molecule has 154 valence electrons. The Hall–Kier alpha value is -3.19. The summed E-state index contributed by atoms with van der Waals surface area (Å²) in [5.74, 6) is 1.31. The summed E-state index contributed by atoms with van der Waals surface area (Å²) in [7, 11) is 0. The summed E-state index contributed by atoms with van der Waals surface area (Å²) < 4.78 is 11.3. The van der Waals surface area contributed by atoms with Crippen LogP contribution in [0.4, 0.5) is 5.82 Å². The van der Waals surface area contributed by atoms with Gasteiger partial charge in [-0.1, -0.05) is 36.4 Å². The van der Waals surface area contributed by atoms with Gasteiger partial charge in [-0.3, -0.25) is 4.79 Å². The smallest absolute Gasteiger partial charge is 0.258 e. The van der Waals surface area contributed by atoms with Crippen LogP contribution in [0.1, 0.15) is 28.1 Å². The number of furan rings is 1. The molecule has 0 aliphatic carbocycles. The lowest BCUT2D eigenvalue weighted by molar-refractivity contribution is 0.0773. The van der Waals surface area contributed by atoms with Gasteiger partial charge >= 0.3 is 0 Å². The minimum Gasteiger partial charge on any atom is -0.442 e. The Morgan fingerprint density at radius 1 is 1.07 bits per heavy atom. The maximum absolute atomic E-state index is 13.5. The molecule has 0 saturated carbocycles. The maximum atomic E-state index is 13.5. The van der Waals surface area contributed by atoms with Crippen molar-refractivity contribution in [3.8, 4) is 0 Å². The molecule has 2 aliphatic heterocycles. The SMILES string of the molecule is Cc1oc2ncnc(N3CCOCC3)c2c1C(=O)N1CC=C(c2ccccc2)CC1. The van der Waals surface area contributed by atoms with Crippen molar-refractivity contribution >= 4 is 28.4 Å². The number of morpholine rings is 1. The molecule has 7 heteroatoms. The van der Waals surface area contributed by atoms with Crippen LogP contribution in [0.5, 0.6) is 0 Å². The Balaban J connectivity index is 1.47. The predicted octanol–water partition coefficient (Wildman–Crippen LogP) is 3.30. The lowest BCUT2D eigenvalue weighted by atomic mass is 9.99. The summed E-state index contributed by atoms with van der Waals surface area (Å²) in [6.07, 6.45) is 4.48. The van der Waals surface area contributed by atoms with E-state index in [-0.39, 0.29) is 5.91 Å². The zero-order valence-electron chi connectivity index (χ0n) is 17.0. The van der Waals surface area contributed by atoms with Crippen LogP contribution in [-0.2, 0) is 4.74 Å². The van der Waals surface area contributed by atoms with Gasteiger partial charge in [-0.2, -0.15) is 0 Å². The van der Waals surface area contributed by atoms with Crippen molar-refractivity contribution < 1.29 is 13.9 Å². The van der Waals surface area contributed by atoms with Crippen LogP contribution >= 0.6 is 0 Å². The number of carbonyl (C=O) groups excluding carboxylic acids is 1. The summed E-state index contributed by atoms with van der Waals surface area (Å²) in [5, 5.41) is 0.708. The van der Waals surface area contributed by atoms with Crippen LogP contribution in [0, 0.1) is 6.92 Å². The summed E-state index contributed by atoms with van der Waals surface area (Å²) >= 11 is 0. The van der Waals surface area contributed by atoms with Crippen molar-refractivity contribution in [2.75, 3.05) is 44.3 Å². The maximum Gasteiger partial charge on any atom is 0.258 e. The van der Waals surface area contributed by atoms with E-state index in [4.69, 9.17) is 9.15 Å². The third kappa shape index (κ3) is 3.35. The fourth-order valence-electron chi connectivity index (χ4n) is 4.23. The van der Waals surface area contributed by atoms with Gasteiger partial charge in [0.05, 0.1) is 24.2 Å². The first-order valence-corrected chi connectivity index (χ1v) is 10.3. The molecular weight excluding hydrogens is 380 g/mol. The number of hydrogen-bond acceptors (Lipinski definition) is 6. The van der Waals surface area contributed by atoms with E-state index in [2.05, 4.69) is 33.1 Å². The highest BCUT2D eigenvalue weighted by atomic mass is 16.5. The van der Waals surface area contributed by atoms with Crippen molar-refractivity contribution in [2.45, 2.75) is 13.3 Å². The largest absolute Gasteiger partial charge is 0.442 e. The highest BCUT2D eigenvalue weighted by Crippen LogP contribution is 2.33. The van der Waals surface area contributed by atoms with Gasteiger partial charge in [-0.25, -0.2) is 9.97 Å². The second-order valence-corrected chi connectivity index (χ2v) is 7.61. The zero-order valence-corrected chi connectivity index (χ0v) is 17.0. The molecule has 1 saturated heterocycles. The van der Waals surface area contributed by atoms with Crippen molar-refractivity contribution in [3.63, 3.8) is 0 Å². The third-order valence-electron chi connectivity index (χ3n) is 5.81. The number of aromatic nitrogens is 2. The summed E-state index contributed by atoms with van der Waals surface area (Å²) in [6.45, 7) is 5.83. The fourth-order valence-corrected chi connectivity index (χ4v) is 4.23. The van der Waals surface area contributed by atoms with E-state index in [1.807, 2.05) is 30.0 Å². The van der Waals surface area contributed by atoms with Crippen LogP contribution < -0.4 is 4.90 Å². The lowest BCUT2D eigenvalue weighted by Gasteiger charge is -2.29. The molecular formula is C23H24N4O3. The number of benzene rings is 1. The number of rotatable bonds is 3. The van der Waals surface area contributed by atoms with Gasteiger partial charge in [0, 0.05) is 26.2 Å². The van der Waals surface area contributed by atoms with Gasteiger partial charge in [0.1, 0.15) is 17.9 Å². The Bertz CT molecular complexity index is 1100. The molecule has 3 aromatic rings. The number of aryl methyl sites for hydroxylation is 1. The number of anilines is 1. The number of fused-ring (bicyclic) bond motifs is 1. The van der Waals surface area contributed by atoms with E-state index in [0.717, 1.165) is 25.3 Å². The van der Waals surface area contributed by atoms with E-state index in [0.29, 0.717) is 48.7 Å². The van der Waals surface area contributed by atoms with Gasteiger partial charge in [-0.15, -0.1) is 0 Å².